The molecule has 1 heterocycles. The number of halogens is 3. The molecule has 0 saturated carbocycles. The lowest BCUT2D eigenvalue weighted by Crippen LogP contribution is -2.22. The Bertz CT molecular complexity index is 1770. The van der Waals surface area contributed by atoms with Gasteiger partial charge in [0.25, 0.3) is 0 Å². The molecule has 1 aliphatic rings. The monoisotopic (exact) mass is 620 g/mol. The zero-order chi connectivity index (χ0) is 30.5. The van der Waals surface area contributed by atoms with E-state index in [0.29, 0.717) is 39.0 Å². The molecule has 1 aliphatic heterocycles. The Morgan fingerprint density at radius 1 is 1.00 bits per heavy atom. The van der Waals surface area contributed by atoms with Crippen molar-refractivity contribution < 1.29 is 32.9 Å². The minimum absolute atomic E-state index is 0.00193. The van der Waals surface area contributed by atoms with Crippen molar-refractivity contribution in [3.63, 3.8) is 0 Å². The largest absolute Gasteiger partial charge is 0.493 e. The maximum Gasteiger partial charge on any atom is 0.349 e. The average molecular weight is 621 g/mol. The number of fused-ring (bicyclic) bond motifs is 1. The van der Waals surface area contributed by atoms with Gasteiger partial charge in [0.1, 0.15) is 41.3 Å². The number of nitrogens with zero attached hydrogens (tertiary/aromatic N) is 1. The molecule has 0 saturated heterocycles. The summed E-state index contributed by atoms with van der Waals surface area (Å²) < 4.78 is 42.0. The van der Waals surface area contributed by atoms with Gasteiger partial charge in [0.05, 0.1) is 18.1 Å². The Labute approximate surface area is 256 Å². The van der Waals surface area contributed by atoms with Crippen molar-refractivity contribution in [1.29, 1.82) is 5.26 Å². The number of nitriles is 1. The van der Waals surface area contributed by atoms with Crippen molar-refractivity contribution in [2.24, 2.45) is 5.73 Å². The zero-order valence-corrected chi connectivity index (χ0v) is 24.1. The number of hydrogen-bond donors (Lipinski definition) is 1. The second kappa shape index (κ2) is 12.9. The van der Waals surface area contributed by atoms with E-state index in [1.165, 1.54) is 25.3 Å². The summed E-state index contributed by atoms with van der Waals surface area (Å²) in [5.41, 5.74) is 8.00. The van der Waals surface area contributed by atoms with Gasteiger partial charge in [0, 0.05) is 22.2 Å². The first kappa shape index (κ1) is 29.6. The van der Waals surface area contributed by atoms with Gasteiger partial charge in [-0.05, 0) is 48.0 Å². The van der Waals surface area contributed by atoms with Gasteiger partial charge in [-0.1, -0.05) is 53.5 Å². The van der Waals surface area contributed by atoms with Crippen LogP contribution in [0.1, 0.15) is 22.6 Å². The van der Waals surface area contributed by atoms with Gasteiger partial charge in [0.15, 0.2) is 18.1 Å². The van der Waals surface area contributed by atoms with Gasteiger partial charge < -0.3 is 29.4 Å². The molecule has 2 N–H and O–H groups in total. The van der Waals surface area contributed by atoms with Crippen LogP contribution in [0, 0.1) is 17.1 Å². The molecule has 0 bridgehead atoms. The van der Waals surface area contributed by atoms with E-state index in [-0.39, 0.29) is 40.4 Å². The van der Waals surface area contributed by atoms with E-state index in [4.69, 9.17) is 52.6 Å². The smallest absolute Gasteiger partial charge is 0.349 e. The lowest BCUT2D eigenvalue weighted by atomic mass is 9.83. The third kappa shape index (κ3) is 6.61. The molecule has 218 valence electrons. The second-order valence-electron chi connectivity index (χ2n) is 9.25. The van der Waals surface area contributed by atoms with Gasteiger partial charge in [-0.2, -0.15) is 5.26 Å². The predicted octanol–water partition coefficient (Wildman–Crippen LogP) is 6.92. The van der Waals surface area contributed by atoms with Gasteiger partial charge in [-0.3, -0.25) is 0 Å². The summed E-state index contributed by atoms with van der Waals surface area (Å²) in [6.07, 6.45) is 0. The lowest BCUT2D eigenvalue weighted by molar-refractivity contribution is -0.136. The first-order valence-corrected chi connectivity index (χ1v) is 13.6. The summed E-state index contributed by atoms with van der Waals surface area (Å²) >= 11 is 12.0. The van der Waals surface area contributed by atoms with Gasteiger partial charge in [0.2, 0.25) is 5.88 Å². The van der Waals surface area contributed by atoms with Gasteiger partial charge >= 0.3 is 5.97 Å². The molecule has 0 radical (unpaired) electrons. The number of methoxy groups -OCH3 is 1. The minimum atomic E-state index is -0.685. The third-order valence-corrected chi connectivity index (χ3v) is 7.05. The van der Waals surface area contributed by atoms with Crippen molar-refractivity contribution in [3.8, 4) is 34.8 Å². The molecular formula is C32H23Cl2FN2O6. The molecule has 1 unspecified atom stereocenters. The fraction of sp³-hybridized carbons (Fsp3) is 0.125. The Morgan fingerprint density at radius 2 is 1.79 bits per heavy atom. The highest BCUT2D eigenvalue weighted by Gasteiger charge is 2.32. The quantitative estimate of drug-likeness (QED) is 0.158. The highest BCUT2D eigenvalue weighted by atomic mass is 35.5. The van der Waals surface area contributed by atoms with E-state index >= 15 is 0 Å². The van der Waals surface area contributed by atoms with E-state index in [0.717, 1.165) is 0 Å². The number of rotatable bonds is 9. The second-order valence-corrected chi connectivity index (χ2v) is 10.1. The van der Waals surface area contributed by atoms with Crippen LogP contribution in [0.4, 0.5) is 4.39 Å². The number of benzene rings is 4. The summed E-state index contributed by atoms with van der Waals surface area (Å²) in [6, 6.07) is 23.0. The van der Waals surface area contributed by atoms with E-state index in [9.17, 15) is 14.4 Å². The van der Waals surface area contributed by atoms with Crippen LogP contribution in [-0.2, 0) is 11.4 Å². The SMILES string of the molecule is COc1cc(C2C(C#N)=C(N)Oc3cc(OC(=O)COc4ccc(Cl)cc4Cl)ccc32)ccc1OCc1ccccc1F. The van der Waals surface area contributed by atoms with Crippen LogP contribution in [0.25, 0.3) is 0 Å². The standard InChI is InChI=1S/C32H23Cl2FN2O6/c1-39-29-12-18(6-10-27(29)40-16-19-4-2-3-5-25(19)35)31-22-9-8-21(14-28(22)43-32(37)23(31)15-36)42-30(38)17-41-26-11-7-20(33)13-24(26)34/h2-14,31H,16-17,37H2,1H3. The van der Waals surface area contributed by atoms with Gasteiger partial charge in [-0.15, -0.1) is 0 Å². The molecule has 8 nitrogen and oxygen atoms in total. The fourth-order valence-electron chi connectivity index (χ4n) is 4.49. The summed E-state index contributed by atoms with van der Waals surface area (Å²) in [6.45, 7) is -0.411. The van der Waals surface area contributed by atoms with Crippen LogP contribution >= 0.6 is 23.2 Å². The molecule has 1 atom stereocenters. The van der Waals surface area contributed by atoms with Crippen molar-refractivity contribution in [2.45, 2.75) is 12.5 Å². The Balaban J connectivity index is 1.36. The highest BCUT2D eigenvalue weighted by Crippen LogP contribution is 2.45. The molecule has 43 heavy (non-hydrogen) atoms. The van der Waals surface area contributed by atoms with Crippen LogP contribution in [0.5, 0.6) is 28.7 Å². The summed E-state index contributed by atoms with van der Waals surface area (Å²) in [5.74, 6) is -0.254. The van der Waals surface area contributed by atoms with E-state index < -0.39 is 18.5 Å². The number of esters is 1. The fourth-order valence-corrected chi connectivity index (χ4v) is 4.95. The molecular weight excluding hydrogens is 598 g/mol. The first-order chi connectivity index (χ1) is 20.8. The van der Waals surface area contributed by atoms with E-state index in [1.807, 2.05) is 0 Å². The number of allylic oxidation sites excluding steroid dienone is 1. The van der Waals surface area contributed by atoms with Crippen LogP contribution in [0.3, 0.4) is 0 Å². The van der Waals surface area contributed by atoms with Crippen LogP contribution in [-0.4, -0.2) is 19.7 Å². The normalized spacial score (nSPS) is 13.8. The number of carbonyl (C=O) groups is 1. The first-order valence-electron chi connectivity index (χ1n) is 12.8. The number of hydrogen-bond acceptors (Lipinski definition) is 8. The Kier molecular flexibility index (Phi) is 8.90. The molecule has 4 aromatic carbocycles. The molecule has 0 aliphatic carbocycles. The van der Waals surface area contributed by atoms with Crippen molar-refractivity contribution in [3.05, 3.63) is 123 Å². The topological polar surface area (TPSA) is 113 Å². The minimum Gasteiger partial charge on any atom is -0.493 e. The molecule has 11 heteroatoms. The molecule has 0 spiro atoms. The van der Waals surface area contributed by atoms with Crippen molar-refractivity contribution in [1.82, 2.24) is 0 Å². The number of carbonyl (C=O) groups excluding carboxylic acids is 1. The average Bonchev–Trinajstić information content (AvgIpc) is 2.99. The summed E-state index contributed by atoms with van der Waals surface area (Å²) in [4.78, 5) is 12.5. The Morgan fingerprint density at radius 3 is 2.53 bits per heavy atom. The zero-order valence-electron chi connectivity index (χ0n) is 22.6. The predicted molar refractivity (Wildman–Crippen MR) is 157 cm³/mol. The Hall–Kier alpha value is -4.91. The molecule has 0 aromatic heterocycles. The maximum absolute atomic E-state index is 14.1. The van der Waals surface area contributed by atoms with Crippen molar-refractivity contribution >= 4 is 29.2 Å². The van der Waals surface area contributed by atoms with Crippen LogP contribution in [0.2, 0.25) is 10.0 Å². The molecule has 5 rings (SSSR count). The number of nitrogens with two attached hydrogens (primary N) is 1. The third-order valence-electron chi connectivity index (χ3n) is 6.52. The summed E-state index contributed by atoms with van der Waals surface area (Å²) in [7, 11) is 1.48. The van der Waals surface area contributed by atoms with E-state index in [1.54, 1.807) is 60.7 Å². The molecule has 0 amide bonds. The summed E-state index contributed by atoms with van der Waals surface area (Å²) in [5, 5.41) is 10.6. The van der Waals surface area contributed by atoms with Crippen LogP contribution < -0.4 is 29.4 Å². The molecule has 4 aromatic rings. The maximum atomic E-state index is 14.1. The van der Waals surface area contributed by atoms with Crippen molar-refractivity contribution in [2.75, 3.05) is 13.7 Å². The van der Waals surface area contributed by atoms with E-state index in [2.05, 4.69) is 6.07 Å². The van der Waals surface area contributed by atoms with Gasteiger partial charge in [-0.25, -0.2) is 9.18 Å². The lowest BCUT2D eigenvalue weighted by Gasteiger charge is -2.27. The van der Waals surface area contributed by atoms with Crippen LogP contribution in [0.15, 0.2) is 90.3 Å². The molecule has 0 fully saturated rings. The highest BCUT2D eigenvalue weighted by molar-refractivity contribution is 6.35. The number of ether oxygens (including phenoxy) is 5.